The number of hydrogen-bond donors (Lipinski definition) is 3. The highest BCUT2D eigenvalue weighted by Gasteiger charge is 2.15. The van der Waals surface area contributed by atoms with Crippen LogP contribution in [-0.2, 0) is 0 Å². The molecule has 0 aliphatic heterocycles. The number of fused-ring (bicyclic) bond motifs is 1. The quantitative estimate of drug-likeness (QED) is 0.394. The average molecular weight is 297 g/mol. The topological polar surface area (TPSA) is 92.5 Å². The Morgan fingerprint density at radius 3 is 2.67 bits per heavy atom. The molecule has 0 unspecified atom stereocenters. The summed E-state index contributed by atoms with van der Waals surface area (Å²) in [5.41, 5.74) is 15.7. The molecule has 106 valence electrons. The molecule has 21 heavy (non-hydrogen) atoms. The molecule has 1 aromatic carbocycles. The smallest absolute Gasteiger partial charge is 0.211 e. The summed E-state index contributed by atoms with van der Waals surface area (Å²) in [6, 6.07) is 10.2. The molecule has 0 radical (unpaired) electrons. The first-order chi connectivity index (χ1) is 10.2. The van der Waals surface area contributed by atoms with E-state index in [1.54, 1.807) is 11.3 Å². The number of nitrogens with two attached hydrogens (primary N) is 2. The van der Waals surface area contributed by atoms with Crippen LogP contribution in [0.1, 0.15) is 12.5 Å². The molecule has 0 amide bonds. The van der Waals surface area contributed by atoms with Gasteiger partial charge in [-0.05, 0) is 24.4 Å². The highest BCUT2D eigenvalue weighted by molar-refractivity contribution is 7.08. The van der Waals surface area contributed by atoms with Crippen molar-refractivity contribution in [2.45, 2.75) is 6.92 Å². The van der Waals surface area contributed by atoms with Crippen LogP contribution in [0, 0.1) is 0 Å². The molecule has 0 aliphatic rings. The van der Waals surface area contributed by atoms with Crippen LogP contribution < -0.4 is 11.5 Å². The van der Waals surface area contributed by atoms with Crippen LogP contribution in [0.15, 0.2) is 51.3 Å². The number of benzene rings is 1. The van der Waals surface area contributed by atoms with E-state index in [1.807, 2.05) is 30.5 Å². The summed E-state index contributed by atoms with van der Waals surface area (Å²) in [7, 11) is 0. The molecule has 6 heteroatoms. The van der Waals surface area contributed by atoms with E-state index in [4.69, 9.17) is 11.5 Å². The highest BCUT2D eigenvalue weighted by Crippen LogP contribution is 2.32. The van der Waals surface area contributed by atoms with Gasteiger partial charge in [-0.15, -0.1) is 5.10 Å². The molecule has 0 saturated carbocycles. The zero-order valence-electron chi connectivity index (χ0n) is 11.5. The van der Waals surface area contributed by atoms with Gasteiger partial charge in [0.15, 0.2) is 0 Å². The second-order valence-electron chi connectivity index (χ2n) is 4.64. The molecule has 0 bridgehead atoms. The van der Waals surface area contributed by atoms with E-state index < -0.39 is 0 Å². The van der Waals surface area contributed by atoms with Crippen LogP contribution >= 0.6 is 11.3 Å². The van der Waals surface area contributed by atoms with Crippen LogP contribution in [0.25, 0.3) is 22.2 Å². The van der Waals surface area contributed by atoms with Gasteiger partial charge in [0.05, 0.1) is 11.4 Å². The molecular weight excluding hydrogens is 282 g/mol. The lowest BCUT2D eigenvalue weighted by Crippen LogP contribution is -2.22. The number of nitrogens with one attached hydrogen (secondary N) is 1. The maximum atomic E-state index is 5.35. The number of aromatic nitrogens is 1. The lowest BCUT2D eigenvalue weighted by Gasteiger charge is -2.02. The van der Waals surface area contributed by atoms with Gasteiger partial charge in [-0.25, -0.2) is 0 Å². The first-order valence-electron chi connectivity index (χ1n) is 6.43. The zero-order valence-corrected chi connectivity index (χ0v) is 12.3. The molecule has 0 saturated heterocycles. The predicted octanol–water partition coefficient (Wildman–Crippen LogP) is 2.89. The fourth-order valence-electron chi connectivity index (χ4n) is 2.32. The van der Waals surface area contributed by atoms with Crippen LogP contribution in [0.5, 0.6) is 0 Å². The number of nitrogens with zero attached hydrogens (tertiary/aromatic N) is 2. The zero-order chi connectivity index (χ0) is 14.8. The first-order valence-corrected chi connectivity index (χ1v) is 7.38. The molecule has 0 aliphatic carbocycles. The maximum Gasteiger partial charge on any atom is 0.211 e. The van der Waals surface area contributed by atoms with Gasteiger partial charge >= 0.3 is 0 Å². The Bertz CT molecular complexity index is 823. The maximum absolute atomic E-state index is 5.35. The minimum Gasteiger partial charge on any atom is -0.369 e. The molecule has 3 rings (SSSR count). The summed E-state index contributed by atoms with van der Waals surface area (Å²) in [4.78, 5) is 3.45. The molecule has 5 nitrogen and oxygen atoms in total. The van der Waals surface area contributed by atoms with Gasteiger partial charge in [0.2, 0.25) is 5.96 Å². The van der Waals surface area contributed by atoms with Crippen molar-refractivity contribution in [3.63, 3.8) is 0 Å². The van der Waals surface area contributed by atoms with Gasteiger partial charge in [-0.2, -0.15) is 16.4 Å². The number of thiophene rings is 1. The summed E-state index contributed by atoms with van der Waals surface area (Å²) in [5, 5.41) is 13.1. The summed E-state index contributed by atoms with van der Waals surface area (Å²) in [6.07, 6.45) is 0. The monoisotopic (exact) mass is 297 g/mol. The minimum atomic E-state index is -0.0497. The van der Waals surface area contributed by atoms with Crippen molar-refractivity contribution in [1.82, 2.24) is 4.98 Å². The number of rotatable bonds is 3. The fourth-order valence-corrected chi connectivity index (χ4v) is 2.97. The number of guanidine groups is 1. The SMILES string of the molecule is C/C(=N/N=C(N)N)c1c(-c2ccsc2)[nH]c2ccccc12. The van der Waals surface area contributed by atoms with E-state index in [2.05, 4.69) is 32.7 Å². The molecule has 2 heterocycles. The van der Waals surface area contributed by atoms with E-state index in [9.17, 15) is 0 Å². The number of H-pyrrole nitrogens is 1. The van der Waals surface area contributed by atoms with E-state index in [1.165, 1.54) is 0 Å². The minimum absolute atomic E-state index is 0.0497. The molecule has 5 N–H and O–H groups in total. The lowest BCUT2D eigenvalue weighted by atomic mass is 10.0. The normalized spacial score (nSPS) is 11.8. The summed E-state index contributed by atoms with van der Waals surface area (Å²) < 4.78 is 0. The number of aromatic amines is 1. The third-order valence-electron chi connectivity index (χ3n) is 3.19. The van der Waals surface area contributed by atoms with Crippen molar-refractivity contribution in [2.24, 2.45) is 21.7 Å². The predicted molar refractivity (Wildman–Crippen MR) is 89.6 cm³/mol. The average Bonchev–Trinajstić information content (AvgIpc) is 3.11. The Balaban J connectivity index is 2.26. The Hall–Kier alpha value is -2.60. The van der Waals surface area contributed by atoms with Crippen molar-refractivity contribution in [3.8, 4) is 11.3 Å². The second-order valence-corrected chi connectivity index (χ2v) is 5.42. The van der Waals surface area contributed by atoms with Crippen molar-refractivity contribution < 1.29 is 0 Å². The van der Waals surface area contributed by atoms with E-state index in [-0.39, 0.29) is 5.96 Å². The number of para-hydroxylation sites is 1. The molecule has 3 aromatic rings. The molecule has 0 spiro atoms. The Labute approximate surface area is 126 Å². The van der Waals surface area contributed by atoms with Crippen molar-refractivity contribution in [3.05, 3.63) is 46.7 Å². The van der Waals surface area contributed by atoms with Crippen molar-refractivity contribution >= 4 is 33.9 Å². The van der Waals surface area contributed by atoms with E-state index in [0.29, 0.717) is 0 Å². The summed E-state index contributed by atoms with van der Waals surface area (Å²) >= 11 is 1.66. The van der Waals surface area contributed by atoms with Gasteiger partial charge in [-0.1, -0.05) is 18.2 Å². The van der Waals surface area contributed by atoms with E-state index in [0.717, 1.165) is 33.4 Å². The lowest BCUT2D eigenvalue weighted by molar-refractivity contribution is 1.20. The first kappa shape index (κ1) is 13.4. The second kappa shape index (κ2) is 5.41. The molecule has 2 aromatic heterocycles. The van der Waals surface area contributed by atoms with Gasteiger partial charge < -0.3 is 16.5 Å². The summed E-state index contributed by atoms with van der Waals surface area (Å²) in [6.45, 7) is 1.90. The Morgan fingerprint density at radius 1 is 1.14 bits per heavy atom. The Kier molecular flexibility index (Phi) is 3.45. The standard InChI is InChI=1S/C15H15N5S/c1-9(19-20-15(16)17)13-11-4-2-3-5-12(11)18-14(13)10-6-7-21-8-10/h2-8,18H,1H3,(H4,16,17,20)/b19-9-. The van der Waals surface area contributed by atoms with Gasteiger partial charge in [0, 0.05) is 27.4 Å². The fraction of sp³-hybridized carbons (Fsp3) is 0.0667. The van der Waals surface area contributed by atoms with E-state index >= 15 is 0 Å². The summed E-state index contributed by atoms with van der Waals surface area (Å²) in [5.74, 6) is -0.0497. The Morgan fingerprint density at radius 2 is 1.95 bits per heavy atom. The van der Waals surface area contributed by atoms with Crippen LogP contribution in [0.4, 0.5) is 0 Å². The molecule has 0 atom stereocenters. The van der Waals surface area contributed by atoms with Crippen LogP contribution in [0.2, 0.25) is 0 Å². The molecule has 0 fully saturated rings. The molecular formula is C15H15N5S. The van der Waals surface area contributed by atoms with Crippen LogP contribution in [0.3, 0.4) is 0 Å². The number of hydrogen-bond acceptors (Lipinski definition) is 3. The van der Waals surface area contributed by atoms with Crippen LogP contribution in [-0.4, -0.2) is 16.7 Å². The van der Waals surface area contributed by atoms with Gasteiger partial charge in [0.25, 0.3) is 0 Å². The third-order valence-corrected chi connectivity index (χ3v) is 3.88. The largest absolute Gasteiger partial charge is 0.369 e. The van der Waals surface area contributed by atoms with Gasteiger partial charge in [0.1, 0.15) is 0 Å². The van der Waals surface area contributed by atoms with Crippen molar-refractivity contribution in [1.29, 1.82) is 0 Å². The van der Waals surface area contributed by atoms with Crippen molar-refractivity contribution in [2.75, 3.05) is 0 Å². The highest BCUT2D eigenvalue weighted by atomic mass is 32.1. The third kappa shape index (κ3) is 2.53. The van der Waals surface area contributed by atoms with Gasteiger partial charge in [-0.3, -0.25) is 0 Å².